The Bertz CT molecular complexity index is 588. The summed E-state index contributed by atoms with van der Waals surface area (Å²) >= 11 is 0. The summed E-state index contributed by atoms with van der Waals surface area (Å²) in [6.07, 6.45) is -0.547. The molecule has 1 aromatic rings. The van der Waals surface area contributed by atoms with Gasteiger partial charge in [0.2, 0.25) is 0 Å². The van der Waals surface area contributed by atoms with Crippen LogP contribution in [0.3, 0.4) is 0 Å². The lowest BCUT2D eigenvalue weighted by Gasteiger charge is -2.21. The second-order valence-corrected chi connectivity index (χ2v) is 6.47. The van der Waals surface area contributed by atoms with Crippen LogP contribution in [0.4, 0.5) is 4.79 Å². The van der Waals surface area contributed by atoms with Crippen LogP contribution < -0.4 is 4.74 Å². The molecule has 2 rings (SSSR count). The molecule has 0 aliphatic carbocycles. The lowest BCUT2D eigenvalue weighted by atomic mass is 10.2. The quantitative estimate of drug-likeness (QED) is 0.820. The first-order chi connectivity index (χ1) is 9.85. The van der Waals surface area contributed by atoms with Crippen LogP contribution >= 0.6 is 0 Å². The topological polar surface area (TPSA) is 93.1 Å². The molecule has 0 radical (unpaired) electrons. The number of para-hydroxylation sites is 1. The van der Waals surface area contributed by atoms with Gasteiger partial charge in [0.25, 0.3) is 10.1 Å². The second kappa shape index (κ2) is 6.31. The number of nitrogens with zero attached hydrogens (tertiary/aromatic N) is 1. The zero-order chi connectivity index (χ0) is 15.5. The fourth-order valence-corrected chi connectivity index (χ4v) is 2.93. The highest BCUT2D eigenvalue weighted by Crippen LogP contribution is 2.23. The van der Waals surface area contributed by atoms with Crippen LogP contribution in [-0.4, -0.2) is 56.1 Å². The van der Waals surface area contributed by atoms with E-state index in [0.717, 1.165) is 11.2 Å². The molecule has 1 aliphatic rings. The molecular weight excluding hydrogens is 298 g/mol. The van der Waals surface area contributed by atoms with Crippen LogP contribution in [0.2, 0.25) is 0 Å². The number of hydrogen-bond donors (Lipinski definition) is 1. The van der Waals surface area contributed by atoms with Crippen molar-refractivity contribution < 1.29 is 27.2 Å². The molecule has 0 aromatic heterocycles. The summed E-state index contributed by atoms with van der Waals surface area (Å²) in [5.41, 5.74) is 0. The maximum Gasteiger partial charge on any atom is 0.407 e. The van der Waals surface area contributed by atoms with Gasteiger partial charge in [-0.2, -0.15) is 8.42 Å². The summed E-state index contributed by atoms with van der Waals surface area (Å²) in [6.45, 7) is 0.172. The van der Waals surface area contributed by atoms with Crippen molar-refractivity contribution in [3.63, 3.8) is 0 Å². The predicted molar refractivity (Wildman–Crippen MR) is 74.8 cm³/mol. The third-order valence-corrected chi connectivity index (χ3v) is 3.74. The van der Waals surface area contributed by atoms with E-state index in [-0.39, 0.29) is 19.6 Å². The number of ether oxygens (including phenoxy) is 1. The van der Waals surface area contributed by atoms with Gasteiger partial charge in [0.1, 0.15) is 12.4 Å². The van der Waals surface area contributed by atoms with Crippen molar-refractivity contribution >= 4 is 16.2 Å². The SMILES string of the molecule is CS(=O)(=O)O[C@H]1C[C@H](COc2ccccc2)N(C(=O)O)C1. The van der Waals surface area contributed by atoms with Crippen molar-refractivity contribution in [1.82, 2.24) is 4.90 Å². The van der Waals surface area contributed by atoms with Gasteiger partial charge >= 0.3 is 6.09 Å². The van der Waals surface area contributed by atoms with Gasteiger partial charge in [0.05, 0.1) is 24.9 Å². The van der Waals surface area contributed by atoms with Gasteiger partial charge in [-0.1, -0.05) is 18.2 Å². The minimum atomic E-state index is -3.61. The lowest BCUT2D eigenvalue weighted by Crippen LogP contribution is -2.38. The van der Waals surface area contributed by atoms with E-state index in [1.165, 1.54) is 0 Å². The van der Waals surface area contributed by atoms with Crippen LogP contribution in [0.15, 0.2) is 30.3 Å². The highest BCUT2D eigenvalue weighted by atomic mass is 32.2. The zero-order valence-corrected chi connectivity index (χ0v) is 12.3. The predicted octanol–water partition coefficient (Wildman–Crippen LogP) is 1.16. The van der Waals surface area contributed by atoms with Crippen LogP contribution in [0, 0.1) is 0 Å². The zero-order valence-electron chi connectivity index (χ0n) is 11.5. The van der Waals surface area contributed by atoms with E-state index in [2.05, 4.69) is 0 Å². The number of hydrogen-bond acceptors (Lipinski definition) is 5. The minimum absolute atomic E-state index is 0.0191. The molecule has 1 N–H and O–H groups in total. The van der Waals surface area contributed by atoms with Gasteiger partial charge in [-0.3, -0.25) is 9.08 Å². The van der Waals surface area contributed by atoms with Crippen LogP contribution in [0.1, 0.15) is 6.42 Å². The molecule has 1 aromatic carbocycles. The van der Waals surface area contributed by atoms with Crippen molar-refractivity contribution in [2.24, 2.45) is 0 Å². The maximum atomic E-state index is 11.2. The largest absolute Gasteiger partial charge is 0.491 e. The molecule has 2 atom stereocenters. The Morgan fingerprint density at radius 3 is 2.62 bits per heavy atom. The molecule has 1 heterocycles. The summed E-state index contributed by atoms with van der Waals surface area (Å²) in [6, 6.07) is 8.58. The van der Waals surface area contributed by atoms with Gasteiger partial charge in [-0.25, -0.2) is 4.79 Å². The van der Waals surface area contributed by atoms with Gasteiger partial charge in [-0.15, -0.1) is 0 Å². The summed E-state index contributed by atoms with van der Waals surface area (Å²) in [5.74, 6) is 0.635. The Kier molecular flexibility index (Phi) is 4.69. The van der Waals surface area contributed by atoms with Gasteiger partial charge in [0.15, 0.2) is 0 Å². The Balaban J connectivity index is 1.98. The molecule has 116 valence electrons. The number of amides is 1. The van der Waals surface area contributed by atoms with E-state index in [0.29, 0.717) is 5.75 Å². The molecule has 0 bridgehead atoms. The van der Waals surface area contributed by atoms with E-state index in [1.807, 2.05) is 18.2 Å². The first kappa shape index (κ1) is 15.6. The highest BCUT2D eigenvalue weighted by Gasteiger charge is 2.37. The van der Waals surface area contributed by atoms with Crippen LogP contribution in [-0.2, 0) is 14.3 Å². The molecule has 21 heavy (non-hydrogen) atoms. The van der Waals surface area contributed by atoms with Gasteiger partial charge in [-0.05, 0) is 12.1 Å². The third-order valence-electron chi connectivity index (χ3n) is 3.12. The van der Waals surface area contributed by atoms with E-state index >= 15 is 0 Å². The number of rotatable bonds is 5. The molecule has 0 spiro atoms. The summed E-state index contributed by atoms with van der Waals surface area (Å²) < 4.78 is 32.7. The van der Waals surface area contributed by atoms with E-state index in [4.69, 9.17) is 14.0 Å². The van der Waals surface area contributed by atoms with Crippen LogP contribution in [0.5, 0.6) is 5.75 Å². The van der Waals surface area contributed by atoms with Gasteiger partial charge < -0.3 is 9.84 Å². The molecule has 8 heteroatoms. The fraction of sp³-hybridized carbons (Fsp3) is 0.462. The Morgan fingerprint density at radius 2 is 2.05 bits per heavy atom. The smallest absolute Gasteiger partial charge is 0.407 e. The number of carboxylic acid groups (broad SMARTS) is 1. The average Bonchev–Trinajstić information content (AvgIpc) is 2.78. The van der Waals surface area contributed by atoms with Crippen molar-refractivity contribution in [3.05, 3.63) is 30.3 Å². The Morgan fingerprint density at radius 1 is 1.38 bits per heavy atom. The van der Waals surface area contributed by atoms with E-state index in [9.17, 15) is 13.2 Å². The van der Waals surface area contributed by atoms with Crippen molar-refractivity contribution in [3.8, 4) is 5.75 Å². The molecule has 1 aliphatic heterocycles. The normalized spacial score (nSPS) is 22.2. The van der Waals surface area contributed by atoms with Gasteiger partial charge in [0, 0.05) is 6.42 Å². The monoisotopic (exact) mass is 315 g/mol. The Labute approximate surface area is 123 Å². The lowest BCUT2D eigenvalue weighted by molar-refractivity contribution is 0.121. The molecular formula is C13H17NO6S. The molecule has 0 saturated carbocycles. The maximum absolute atomic E-state index is 11.2. The first-order valence-corrected chi connectivity index (χ1v) is 8.22. The molecule has 0 unspecified atom stereocenters. The molecule has 1 fully saturated rings. The summed E-state index contributed by atoms with van der Waals surface area (Å²) in [7, 11) is -3.61. The third kappa shape index (κ3) is 4.61. The fourth-order valence-electron chi connectivity index (χ4n) is 2.29. The molecule has 1 saturated heterocycles. The number of carbonyl (C=O) groups is 1. The van der Waals surface area contributed by atoms with E-state index < -0.39 is 28.4 Å². The highest BCUT2D eigenvalue weighted by molar-refractivity contribution is 7.86. The Hall–Kier alpha value is -1.80. The van der Waals surface area contributed by atoms with Crippen LogP contribution in [0.25, 0.3) is 0 Å². The summed E-state index contributed by atoms with van der Waals surface area (Å²) in [5, 5.41) is 9.16. The number of likely N-dealkylation sites (tertiary alicyclic amines) is 1. The summed E-state index contributed by atoms with van der Waals surface area (Å²) in [4.78, 5) is 12.4. The number of benzene rings is 1. The van der Waals surface area contributed by atoms with E-state index in [1.54, 1.807) is 12.1 Å². The molecule has 7 nitrogen and oxygen atoms in total. The van der Waals surface area contributed by atoms with Crippen molar-refractivity contribution in [2.75, 3.05) is 19.4 Å². The molecule has 1 amide bonds. The van der Waals surface area contributed by atoms with Crippen molar-refractivity contribution in [1.29, 1.82) is 0 Å². The second-order valence-electron chi connectivity index (χ2n) is 4.87. The average molecular weight is 315 g/mol. The minimum Gasteiger partial charge on any atom is -0.491 e. The van der Waals surface area contributed by atoms with Crippen molar-refractivity contribution in [2.45, 2.75) is 18.6 Å². The first-order valence-electron chi connectivity index (χ1n) is 6.41. The standard InChI is InChI=1S/C13H17NO6S/c1-21(17,18)20-12-7-10(14(8-12)13(15)16)9-19-11-5-3-2-4-6-11/h2-6,10,12H,7-9H2,1H3,(H,15,16)/t10-,12+/m1/s1.